The van der Waals surface area contributed by atoms with Gasteiger partial charge in [-0.15, -0.1) is 5.10 Å². The molecule has 2 heterocycles. The first-order valence-electron chi connectivity index (χ1n) is 7.45. The zero-order valence-electron chi connectivity index (χ0n) is 12.2. The maximum Gasteiger partial charge on any atom is 0.271 e. The Labute approximate surface area is 123 Å². The van der Waals surface area contributed by atoms with E-state index in [1.807, 2.05) is 0 Å². The van der Waals surface area contributed by atoms with Crippen LogP contribution < -0.4 is 10.1 Å². The molecule has 0 bridgehead atoms. The first kappa shape index (κ1) is 13.9. The molecule has 1 N–H and O–H groups in total. The minimum absolute atomic E-state index is 0.134. The number of methoxy groups -OCH3 is 1. The molecule has 0 aliphatic heterocycles. The van der Waals surface area contributed by atoms with Gasteiger partial charge in [0.2, 0.25) is 5.88 Å². The summed E-state index contributed by atoms with van der Waals surface area (Å²) in [5, 5.41) is 7.18. The molecule has 2 aromatic rings. The van der Waals surface area contributed by atoms with E-state index in [2.05, 4.69) is 15.4 Å². The summed E-state index contributed by atoms with van der Waals surface area (Å²) in [6.07, 6.45) is 7.93. The average molecular weight is 288 g/mol. The fourth-order valence-corrected chi connectivity index (χ4v) is 2.80. The second kappa shape index (κ2) is 6.11. The van der Waals surface area contributed by atoms with Crippen LogP contribution in [0.2, 0.25) is 0 Å². The van der Waals surface area contributed by atoms with Gasteiger partial charge in [-0.05, 0) is 24.8 Å². The SMILES string of the molecule is COc1ccc2nc(C(=O)NCC3CCCCC3)cn2n1. The van der Waals surface area contributed by atoms with Crippen LogP contribution in [0, 0.1) is 5.92 Å². The molecule has 21 heavy (non-hydrogen) atoms. The van der Waals surface area contributed by atoms with Crippen molar-refractivity contribution in [1.82, 2.24) is 19.9 Å². The van der Waals surface area contributed by atoms with Crippen LogP contribution in [0.1, 0.15) is 42.6 Å². The number of hydrogen-bond acceptors (Lipinski definition) is 4. The van der Waals surface area contributed by atoms with Gasteiger partial charge in [-0.3, -0.25) is 4.79 Å². The van der Waals surface area contributed by atoms with Crippen molar-refractivity contribution in [1.29, 1.82) is 0 Å². The molecule has 0 spiro atoms. The maximum absolute atomic E-state index is 12.2. The van der Waals surface area contributed by atoms with Gasteiger partial charge in [-0.1, -0.05) is 19.3 Å². The summed E-state index contributed by atoms with van der Waals surface area (Å²) in [4.78, 5) is 16.5. The molecule has 0 saturated heterocycles. The molecular formula is C15H20N4O2. The van der Waals surface area contributed by atoms with Gasteiger partial charge in [0.15, 0.2) is 5.65 Å². The van der Waals surface area contributed by atoms with E-state index in [0.717, 1.165) is 6.54 Å². The molecular weight excluding hydrogens is 268 g/mol. The zero-order chi connectivity index (χ0) is 14.7. The van der Waals surface area contributed by atoms with Gasteiger partial charge in [0.25, 0.3) is 5.91 Å². The fourth-order valence-electron chi connectivity index (χ4n) is 2.80. The van der Waals surface area contributed by atoms with Crippen molar-refractivity contribution in [2.24, 2.45) is 5.92 Å². The minimum atomic E-state index is -0.134. The molecule has 0 atom stereocenters. The predicted octanol–water partition coefficient (Wildman–Crippen LogP) is 2.05. The smallest absolute Gasteiger partial charge is 0.271 e. The van der Waals surface area contributed by atoms with Crippen molar-refractivity contribution in [2.45, 2.75) is 32.1 Å². The van der Waals surface area contributed by atoms with Crippen LogP contribution in [-0.2, 0) is 0 Å². The van der Waals surface area contributed by atoms with Gasteiger partial charge in [-0.25, -0.2) is 9.50 Å². The Bertz CT molecular complexity index is 632. The van der Waals surface area contributed by atoms with E-state index in [9.17, 15) is 4.79 Å². The summed E-state index contributed by atoms with van der Waals surface area (Å²) < 4.78 is 6.62. The van der Waals surface area contributed by atoms with E-state index >= 15 is 0 Å². The summed E-state index contributed by atoms with van der Waals surface area (Å²) in [5.74, 6) is 0.969. The monoisotopic (exact) mass is 288 g/mol. The Morgan fingerprint density at radius 1 is 1.38 bits per heavy atom. The molecule has 2 aromatic heterocycles. The van der Waals surface area contributed by atoms with Crippen molar-refractivity contribution < 1.29 is 9.53 Å². The quantitative estimate of drug-likeness (QED) is 0.935. The molecule has 3 rings (SSSR count). The van der Waals surface area contributed by atoms with E-state index in [-0.39, 0.29) is 5.91 Å². The van der Waals surface area contributed by atoms with Crippen LogP contribution in [0.25, 0.3) is 5.65 Å². The van der Waals surface area contributed by atoms with Gasteiger partial charge in [-0.2, -0.15) is 0 Å². The summed E-state index contributed by atoms with van der Waals surface area (Å²) >= 11 is 0. The number of amides is 1. The third kappa shape index (κ3) is 3.15. The Balaban J connectivity index is 1.66. The van der Waals surface area contributed by atoms with Crippen molar-refractivity contribution in [3.63, 3.8) is 0 Å². The molecule has 1 fully saturated rings. The molecule has 1 aliphatic rings. The highest BCUT2D eigenvalue weighted by Gasteiger charge is 2.16. The number of imidazole rings is 1. The number of aromatic nitrogens is 3. The van der Waals surface area contributed by atoms with Crippen molar-refractivity contribution in [3.8, 4) is 5.88 Å². The molecule has 6 nitrogen and oxygen atoms in total. The van der Waals surface area contributed by atoms with Crippen LogP contribution in [-0.4, -0.2) is 34.2 Å². The molecule has 0 radical (unpaired) electrons. The Morgan fingerprint density at radius 3 is 2.95 bits per heavy atom. The van der Waals surface area contributed by atoms with Gasteiger partial charge in [0, 0.05) is 12.6 Å². The highest BCUT2D eigenvalue weighted by molar-refractivity contribution is 5.92. The Kier molecular flexibility index (Phi) is 4.03. The van der Waals surface area contributed by atoms with Gasteiger partial charge in [0.05, 0.1) is 13.3 Å². The summed E-state index contributed by atoms with van der Waals surface area (Å²) in [7, 11) is 1.56. The number of hydrogen-bond donors (Lipinski definition) is 1. The highest BCUT2D eigenvalue weighted by atomic mass is 16.5. The number of carbonyl (C=O) groups is 1. The number of ether oxygens (including phenoxy) is 1. The molecule has 112 valence electrons. The second-order valence-corrected chi connectivity index (χ2v) is 5.52. The van der Waals surface area contributed by atoms with Crippen molar-refractivity contribution in [3.05, 3.63) is 24.0 Å². The number of carbonyl (C=O) groups excluding carboxylic acids is 1. The van der Waals surface area contributed by atoms with E-state index in [1.165, 1.54) is 32.1 Å². The molecule has 6 heteroatoms. The van der Waals surface area contributed by atoms with Gasteiger partial charge in [0.1, 0.15) is 5.69 Å². The van der Waals surface area contributed by atoms with E-state index in [1.54, 1.807) is 30.0 Å². The lowest BCUT2D eigenvalue weighted by atomic mass is 9.89. The normalized spacial score (nSPS) is 16.0. The Hall–Kier alpha value is -2.11. The minimum Gasteiger partial charge on any atom is -0.480 e. The molecule has 0 aromatic carbocycles. The summed E-state index contributed by atoms with van der Waals surface area (Å²) in [6, 6.07) is 3.51. The van der Waals surface area contributed by atoms with E-state index < -0.39 is 0 Å². The van der Waals surface area contributed by atoms with E-state index in [0.29, 0.717) is 23.1 Å². The second-order valence-electron chi connectivity index (χ2n) is 5.52. The standard InChI is InChI=1S/C15H20N4O2/c1-21-14-8-7-13-17-12(10-19(13)18-14)15(20)16-9-11-5-3-2-4-6-11/h7-8,10-11H,2-6,9H2,1H3,(H,16,20). The lowest BCUT2D eigenvalue weighted by Gasteiger charge is -2.21. The van der Waals surface area contributed by atoms with Crippen LogP contribution in [0.4, 0.5) is 0 Å². The zero-order valence-corrected chi connectivity index (χ0v) is 12.2. The van der Waals surface area contributed by atoms with Crippen molar-refractivity contribution in [2.75, 3.05) is 13.7 Å². The van der Waals surface area contributed by atoms with E-state index in [4.69, 9.17) is 4.74 Å². The number of rotatable bonds is 4. The molecule has 0 unspecified atom stereocenters. The van der Waals surface area contributed by atoms with Gasteiger partial charge >= 0.3 is 0 Å². The highest BCUT2D eigenvalue weighted by Crippen LogP contribution is 2.22. The third-order valence-corrected chi connectivity index (χ3v) is 4.01. The number of nitrogens with zero attached hydrogens (tertiary/aromatic N) is 3. The number of nitrogens with one attached hydrogen (secondary N) is 1. The number of fused-ring (bicyclic) bond motifs is 1. The van der Waals surface area contributed by atoms with Crippen LogP contribution in [0.3, 0.4) is 0 Å². The largest absolute Gasteiger partial charge is 0.480 e. The fraction of sp³-hybridized carbons (Fsp3) is 0.533. The van der Waals surface area contributed by atoms with Crippen LogP contribution in [0.5, 0.6) is 5.88 Å². The lowest BCUT2D eigenvalue weighted by Crippen LogP contribution is -2.30. The lowest BCUT2D eigenvalue weighted by molar-refractivity contribution is 0.0939. The predicted molar refractivity (Wildman–Crippen MR) is 78.4 cm³/mol. The molecule has 1 aliphatic carbocycles. The average Bonchev–Trinajstić information content (AvgIpc) is 2.96. The summed E-state index contributed by atoms with van der Waals surface area (Å²) in [6.45, 7) is 0.740. The third-order valence-electron chi connectivity index (χ3n) is 4.01. The van der Waals surface area contributed by atoms with Crippen LogP contribution in [0.15, 0.2) is 18.3 Å². The summed E-state index contributed by atoms with van der Waals surface area (Å²) in [5.41, 5.74) is 1.03. The van der Waals surface area contributed by atoms with Crippen LogP contribution >= 0.6 is 0 Å². The first-order valence-corrected chi connectivity index (χ1v) is 7.45. The topological polar surface area (TPSA) is 68.5 Å². The Morgan fingerprint density at radius 2 is 2.19 bits per heavy atom. The molecule has 1 amide bonds. The molecule has 1 saturated carbocycles. The van der Waals surface area contributed by atoms with Crippen molar-refractivity contribution >= 4 is 11.6 Å². The maximum atomic E-state index is 12.2. The first-order chi connectivity index (χ1) is 10.3. The van der Waals surface area contributed by atoms with Gasteiger partial charge < -0.3 is 10.1 Å².